The number of nitrogens with one attached hydrogen (secondary N) is 1. The van der Waals surface area contributed by atoms with Gasteiger partial charge in [0.2, 0.25) is 0 Å². The van der Waals surface area contributed by atoms with Gasteiger partial charge in [0.25, 0.3) is 0 Å². The lowest BCUT2D eigenvalue weighted by molar-refractivity contribution is -0.137. The summed E-state index contributed by atoms with van der Waals surface area (Å²) in [6.07, 6.45) is -4.31. The molecule has 1 N–H and O–H groups in total. The van der Waals surface area contributed by atoms with E-state index in [-0.39, 0.29) is 0 Å². The van der Waals surface area contributed by atoms with E-state index in [4.69, 9.17) is 0 Å². The maximum Gasteiger partial charge on any atom is 0.416 e. The van der Waals surface area contributed by atoms with Gasteiger partial charge in [0.05, 0.1) is 5.56 Å². The predicted octanol–water partition coefficient (Wildman–Crippen LogP) is 4.76. The Morgan fingerprint density at radius 2 is 1.86 bits per heavy atom. The van der Waals surface area contributed by atoms with Crippen LogP contribution < -0.4 is 5.32 Å². The second-order valence-corrected chi connectivity index (χ2v) is 5.07. The van der Waals surface area contributed by atoms with Crippen LogP contribution in [0.25, 0.3) is 0 Å². The van der Waals surface area contributed by atoms with Crippen LogP contribution in [-0.2, 0) is 19.3 Å². The van der Waals surface area contributed by atoms with Crippen molar-refractivity contribution in [2.45, 2.75) is 40.0 Å². The number of halogens is 3. The van der Waals surface area contributed by atoms with Gasteiger partial charge in [0, 0.05) is 30.2 Å². The van der Waals surface area contributed by atoms with E-state index in [0.717, 1.165) is 35.6 Å². The molecule has 0 atom stereocenters. The van der Waals surface area contributed by atoms with Gasteiger partial charge in [0.1, 0.15) is 0 Å². The van der Waals surface area contributed by atoms with Crippen LogP contribution in [0, 0.1) is 13.8 Å². The van der Waals surface area contributed by atoms with Crippen molar-refractivity contribution >= 4 is 5.69 Å². The van der Waals surface area contributed by atoms with Crippen molar-refractivity contribution < 1.29 is 13.2 Å². The van der Waals surface area contributed by atoms with Gasteiger partial charge in [-0.15, -0.1) is 0 Å². The Labute approximate surface area is 122 Å². The standard InChI is InChI=1S/C16H19F3N2/c1-4-21-11(2)8-13(12(21)3)10-20-15-7-5-6-14(9-15)16(17,18)19/h5-9,20H,4,10H2,1-3H3. The van der Waals surface area contributed by atoms with E-state index in [1.165, 1.54) is 6.07 Å². The second kappa shape index (κ2) is 5.84. The SMILES string of the molecule is CCn1c(C)cc(CNc2cccc(C(F)(F)F)c2)c1C. The number of hydrogen-bond donors (Lipinski definition) is 1. The molecule has 0 bridgehead atoms. The van der Waals surface area contributed by atoms with E-state index in [1.807, 2.05) is 13.8 Å². The first-order valence-corrected chi connectivity index (χ1v) is 6.89. The number of aromatic nitrogens is 1. The quantitative estimate of drug-likeness (QED) is 0.861. The van der Waals surface area contributed by atoms with Gasteiger partial charge in [-0.25, -0.2) is 0 Å². The zero-order valence-electron chi connectivity index (χ0n) is 12.4. The van der Waals surface area contributed by atoms with Crippen molar-refractivity contribution in [1.29, 1.82) is 0 Å². The third kappa shape index (κ3) is 3.40. The Morgan fingerprint density at radius 3 is 2.43 bits per heavy atom. The van der Waals surface area contributed by atoms with Gasteiger partial charge in [-0.2, -0.15) is 13.2 Å². The summed E-state index contributed by atoms with van der Waals surface area (Å²) in [4.78, 5) is 0. The smallest absolute Gasteiger partial charge is 0.381 e. The highest BCUT2D eigenvalue weighted by Gasteiger charge is 2.30. The molecule has 0 radical (unpaired) electrons. The molecule has 0 saturated carbocycles. The topological polar surface area (TPSA) is 17.0 Å². The molecule has 0 aliphatic heterocycles. The van der Waals surface area contributed by atoms with Crippen molar-refractivity contribution in [3.8, 4) is 0 Å². The zero-order valence-corrected chi connectivity index (χ0v) is 12.4. The van der Waals surface area contributed by atoms with Crippen LogP contribution in [0.2, 0.25) is 0 Å². The average molecular weight is 296 g/mol. The van der Waals surface area contributed by atoms with Crippen LogP contribution >= 0.6 is 0 Å². The van der Waals surface area contributed by atoms with Crippen molar-refractivity contribution in [3.05, 3.63) is 52.8 Å². The summed E-state index contributed by atoms with van der Waals surface area (Å²) in [6.45, 7) is 7.54. The molecular formula is C16H19F3N2. The van der Waals surface area contributed by atoms with Gasteiger partial charge < -0.3 is 9.88 Å². The number of hydrogen-bond acceptors (Lipinski definition) is 1. The molecule has 0 amide bonds. The number of nitrogens with zero attached hydrogens (tertiary/aromatic N) is 1. The number of benzene rings is 1. The van der Waals surface area contributed by atoms with E-state index < -0.39 is 11.7 Å². The lowest BCUT2D eigenvalue weighted by atomic mass is 10.2. The minimum Gasteiger partial charge on any atom is -0.381 e. The van der Waals surface area contributed by atoms with Gasteiger partial charge in [0.15, 0.2) is 0 Å². The van der Waals surface area contributed by atoms with Crippen LogP contribution in [0.15, 0.2) is 30.3 Å². The molecule has 0 aliphatic rings. The number of aryl methyl sites for hydroxylation is 1. The van der Waals surface area contributed by atoms with Crippen molar-refractivity contribution in [2.75, 3.05) is 5.32 Å². The molecule has 1 aromatic heterocycles. The second-order valence-electron chi connectivity index (χ2n) is 5.07. The fourth-order valence-electron chi connectivity index (χ4n) is 2.54. The Kier molecular flexibility index (Phi) is 4.30. The molecular weight excluding hydrogens is 277 g/mol. The highest BCUT2D eigenvalue weighted by Crippen LogP contribution is 2.30. The normalized spacial score (nSPS) is 11.7. The fraction of sp³-hybridized carbons (Fsp3) is 0.375. The molecule has 2 aromatic rings. The summed E-state index contributed by atoms with van der Waals surface area (Å²) in [5, 5.41) is 3.07. The zero-order chi connectivity index (χ0) is 15.6. The Hall–Kier alpha value is -1.91. The predicted molar refractivity (Wildman–Crippen MR) is 78.4 cm³/mol. The molecule has 2 nitrogen and oxygen atoms in total. The molecule has 2 rings (SSSR count). The fourth-order valence-corrected chi connectivity index (χ4v) is 2.54. The molecule has 0 saturated heterocycles. The largest absolute Gasteiger partial charge is 0.416 e. The number of rotatable bonds is 4. The third-order valence-corrected chi connectivity index (χ3v) is 3.67. The summed E-state index contributed by atoms with van der Waals surface area (Å²) in [5.41, 5.74) is 3.26. The van der Waals surface area contributed by atoms with E-state index in [9.17, 15) is 13.2 Å². The summed E-state index contributed by atoms with van der Waals surface area (Å²) >= 11 is 0. The molecule has 0 unspecified atom stereocenters. The number of alkyl halides is 3. The highest BCUT2D eigenvalue weighted by atomic mass is 19.4. The van der Waals surface area contributed by atoms with Crippen molar-refractivity contribution in [1.82, 2.24) is 4.57 Å². The van der Waals surface area contributed by atoms with Gasteiger partial charge in [-0.05, 0) is 50.6 Å². The van der Waals surface area contributed by atoms with Gasteiger partial charge in [-0.1, -0.05) is 6.07 Å². The molecule has 0 aliphatic carbocycles. The van der Waals surface area contributed by atoms with Crippen LogP contribution in [-0.4, -0.2) is 4.57 Å². The Bertz CT molecular complexity index is 627. The molecule has 21 heavy (non-hydrogen) atoms. The lowest BCUT2D eigenvalue weighted by Gasteiger charge is -2.11. The average Bonchev–Trinajstić information content (AvgIpc) is 2.70. The maximum absolute atomic E-state index is 12.7. The third-order valence-electron chi connectivity index (χ3n) is 3.67. The van der Waals surface area contributed by atoms with Crippen LogP contribution in [0.5, 0.6) is 0 Å². The van der Waals surface area contributed by atoms with E-state index in [2.05, 4.69) is 22.9 Å². The molecule has 0 fully saturated rings. The minimum absolute atomic E-state index is 0.478. The number of anilines is 1. The van der Waals surface area contributed by atoms with E-state index in [0.29, 0.717) is 12.2 Å². The first-order valence-electron chi connectivity index (χ1n) is 6.89. The molecule has 0 spiro atoms. The summed E-state index contributed by atoms with van der Waals surface area (Å²) in [6, 6.07) is 7.35. The summed E-state index contributed by atoms with van der Waals surface area (Å²) < 4.78 is 40.2. The van der Waals surface area contributed by atoms with E-state index in [1.54, 1.807) is 6.07 Å². The molecule has 1 aromatic carbocycles. The first-order chi connectivity index (χ1) is 9.82. The van der Waals surface area contributed by atoms with Gasteiger partial charge >= 0.3 is 6.18 Å². The van der Waals surface area contributed by atoms with Crippen molar-refractivity contribution in [2.24, 2.45) is 0 Å². The van der Waals surface area contributed by atoms with Gasteiger partial charge in [-0.3, -0.25) is 0 Å². The molecule has 5 heteroatoms. The Balaban J connectivity index is 2.14. The van der Waals surface area contributed by atoms with Crippen LogP contribution in [0.1, 0.15) is 29.4 Å². The highest BCUT2D eigenvalue weighted by molar-refractivity contribution is 5.47. The summed E-state index contributed by atoms with van der Waals surface area (Å²) in [5.74, 6) is 0. The molecule has 1 heterocycles. The van der Waals surface area contributed by atoms with Crippen LogP contribution in [0.4, 0.5) is 18.9 Å². The first kappa shape index (κ1) is 15.5. The monoisotopic (exact) mass is 296 g/mol. The molecule has 114 valence electrons. The lowest BCUT2D eigenvalue weighted by Crippen LogP contribution is -2.07. The van der Waals surface area contributed by atoms with Crippen molar-refractivity contribution in [3.63, 3.8) is 0 Å². The minimum atomic E-state index is -4.31. The maximum atomic E-state index is 12.7. The van der Waals surface area contributed by atoms with E-state index >= 15 is 0 Å². The Morgan fingerprint density at radius 1 is 1.14 bits per heavy atom. The van der Waals surface area contributed by atoms with Crippen LogP contribution in [0.3, 0.4) is 0 Å². The summed E-state index contributed by atoms with van der Waals surface area (Å²) in [7, 11) is 0.